The van der Waals surface area contributed by atoms with Gasteiger partial charge in [0.2, 0.25) is 0 Å². The molecule has 0 amide bonds. The number of carbonyl (C=O) groups is 1. The van der Waals surface area contributed by atoms with Gasteiger partial charge in [0.05, 0.1) is 7.11 Å². The summed E-state index contributed by atoms with van der Waals surface area (Å²) in [6.45, 7) is 9.41. The Morgan fingerprint density at radius 1 is 1.35 bits per heavy atom. The first-order valence-electron chi connectivity index (χ1n) is 6.60. The molecule has 0 saturated carbocycles. The predicted molar refractivity (Wildman–Crippen MR) is 68.9 cm³/mol. The van der Waals surface area contributed by atoms with Gasteiger partial charge in [-0.25, -0.2) is 0 Å². The fourth-order valence-electron chi connectivity index (χ4n) is 2.48. The van der Waals surface area contributed by atoms with Gasteiger partial charge in [0, 0.05) is 12.6 Å². The summed E-state index contributed by atoms with van der Waals surface area (Å²) in [6, 6.07) is 0.230. The number of esters is 1. The van der Waals surface area contributed by atoms with Crippen LogP contribution in [0.3, 0.4) is 0 Å². The van der Waals surface area contributed by atoms with Crippen LogP contribution >= 0.6 is 0 Å². The number of carbonyl (C=O) groups excluding carboxylic acids is 1. The van der Waals surface area contributed by atoms with Crippen molar-refractivity contribution >= 4 is 5.97 Å². The Bertz CT molecular complexity index is 238. The highest BCUT2D eigenvalue weighted by Crippen LogP contribution is 2.17. The van der Waals surface area contributed by atoms with Gasteiger partial charge in [-0.05, 0) is 52.6 Å². The van der Waals surface area contributed by atoms with E-state index in [1.54, 1.807) is 0 Å². The molecule has 0 bridgehead atoms. The van der Waals surface area contributed by atoms with E-state index in [9.17, 15) is 4.79 Å². The molecule has 0 radical (unpaired) electrons. The molecule has 100 valence electrons. The van der Waals surface area contributed by atoms with Crippen molar-refractivity contribution in [3.05, 3.63) is 0 Å². The molecular formula is C13H26N2O2. The minimum absolute atomic E-state index is 0.132. The second-order valence-electron chi connectivity index (χ2n) is 5.18. The summed E-state index contributed by atoms with van der Waals surface area (Å²) in [5, 5.41) is 3.37. The Morgan fingerprint density at radius 2 is 1.94 bits per heavy atom. The van der Waals surface area contributed by atoms with Gasteiger partial charge in [0.1, 0.15) is 6.04 Å². The van der Waals surface area contributed by atoms with Gasteiger partial charge >= 0.3 is 5.97 Å². The zero-order valence-electron chi connectivity index (χ0n) is 11.5. The van der Waals surface area contributed by atoms with E-state index in [-0.39, 0.29) is 12.0 Å². The molecule has 0 aromatic carbocycles. The van der Waals surface area contributed by atoms with Gasteiger partial charge in [-0.1, -0.05) is 0 Å². The van der Waals surface area contributed by atoms with Crippen LogP contribution in [0, 0.1) is 5.92 Å². The minimum atomic E-state index is -0.144. The molecule has 0 aromatic heterocycles. The lowest BCUT2D eigenvalue weighted by molar-refractivity contribution is -0.147. The highest BCUT2D eigenvalue weighted by Gasteiger charge is 2.27. The molecule has 0 aliphatic carbocycles. The monoisotopic (exact) mass is 242 g/mol. The quantitative estimate of drug-likeness (QED) is 0.737. The SMILES string of the molecule is COC(=O)C(C)N(CC1CCNCC1)C(C)C. The second-order valence-corrected chi connectivity index (χ2v) is 5.18. The average molecular weight is 242 g/mol. The molecule has 1 heterocycles. The third-order valence-corrected chi connectivity index (χ3v) is 3.63. The topological polar surface area (TPSA) is 41.6 Å². The zero-order chi connectivity index (χ0) is 12.8. The van der Waals surface area contributed by atoms with Gasteiger partial charge < -0.3 is 10.1 Å². The largest absolute Gasteiger partial charge is 0.468 e. The fraction of sp³-hybridized carbons (Fsp3) is 0.923. The van der Waals surface area contributed by atoms with Crippen molar-refractivity contribution in [2.24, 2.45) is 5.92 Å². The maximum atomic E-state index is 11.6. The Hall–Kier alpha value is -0.610. The van der Waals surface area contributed by atoms with Gasteiger partial charge in [-0.15, -0.1) is 0 Å². The Labute approximate surface area is 105 Å². The molecule has 4 heteroatoms. The van der Waals surface area contributed by atoms with Gasteiger partial charge in [0.15, 0.2) is 0 Å². The molecule has 1 saturated heterocycles. The number of nitrogens with one attached hydrogen (secondary N) is 1. The van der Waals surface area contributed by atoms with Crippen molar-refractivity contribution in [3.63, 3.8) is 0 Å². The lowest BCUT2D eigenvalue weighted by Gasteiger charge is -2.35. The van der Waals surface area contributed by atoms with E-state index in [0.29, 0.717) is 12.0 Å². The summed E-state index contributed by atoms with van der Waals surface area (Å²) >= 11 is 0. The molecule has 0 spiro atoms. The molecule has 1 aliphatic heterocycles. The molecule has 1 N–H and O–H groups in total. The number of hydrogen-bond acceptors (Lipinski definition) is 4. The van der Waals surface area contributed by atoms with E-state index in [1.165, 1.54) is 20.0 Å². The van der Waals surface area contributed by atoms with Crippen LogP contribution in [0.4, 0.5) is 0 Å². The Kier molecular flexibility index (Phi) is 5.92. The van der Waals surface area contributed by atoms with Crippen LogP contribution in [0.15, 0.2) is 0 Å². The summed E-state index contributed by atoms with van der Waals surface area (Å²) < 4.78 is 4.84. The van der Waals surface area contributed by atoms with Crippen LogP contribution in [0.1, 0.15) is 33.6 Å². The zero-order valence-corrected chi connectivity index (χ0v) is 11.5. The van der Waals surface area contributed by atoms with E-state index < -0.39 is 0 Å². The molecular weight excluding hydrogens is 216 g/mol. The summed E-state index contributed by atoms with van der Waals surface area (Å²) in [5.41, 5.74) is 0. The molecule has 1 atom stereocenters. The first kappa shape index (κ1) is 14.5. The second kappa shape index (κ2) is 6.97. The van der Waals surface area contributed by atoms with E-state index >= 15 is 0 Å². The van der Waals surface area contributed by atoms with E-state index in [2.05, 4.69) is 24.1 Å². The van der Waals surface area contributed by atoms with Crippen molar-refractivity contribution < 1.29 is 9.53 Å². The van der Waals surface area contributed by atoms with Gasteiger partial charge in [-0.3, -0.25) is 9.69 Å². The smallest absolute Gasteiger partial charge is 0.322 e. The third-order valence-electron chi connectivity index (χ3n) is 3.63. The molecule has 1 fully saturated rings. The van der Waals surface area contributed by atoms with E-state index in [1.807, 2.05) is 6.92 Å². The lowest BCUT2D eigenvalue weighted by atomic mass is 9.96. The van der Waals surface area contributed by atoms with E-state index in [4.69, 9.17) is 4.74 Å². The van der Waals surface area contributed by atoms with Crippen molar-refractivity contribution in [2.75, 3.05) is 26.7 Å². The Balaban J connectivity index is 2.55. The number of rotatable bonds is 5. The first-order chi connectivity index (χ1) is 8.06. The number of ether oxygens (including phenoxy) is 1. The summed E-state index contributed by atoms with van der Waals surface area (Å²) in [6.07, 6.45) is 2.41. The summed E-state index contributed by atoms with van der Waals surface area (Å²) in [7, 11) is 1.46. The normalized spacial score (nSPS) is 19.6. The van der Waals surface area contributed by atoms with Crippen molar-refractivity contribution in [3.8, 4) is 0 Å². The lowest BCUT2D eigenvalue weighted by Crippen LogP contribution is -2.47. The van der Waals surface area contributed by atoms with Crippen LogP contribution < -0.4 is 5.32 Å². The number of piperidine rings is 1. The summed E-state index contributed by atoms with van der Waals surface area (Å²) in [5.74, 6) is 0.568. The Morgan fingerprint density at radius 3 is 2.41 bits per heavy atom. The molecule has 0 aromatic rings. The molecule has 4 nitrogen and oxygen atoms in total. The van der Waals surface area contributed by atoms with Crippen molar-refractivity contribution in [2.45, 2.75) is 45.7 Å². The van der Waals surface area contributed by atoms with Crippen LogP contribution in [0.5, 0.6) is 0 Å². The molecule has 1 aliphatic rings. The number of nitrogens with zero attached hydrogens (tertiary/aromatic N) is 1. The van der Waals surface area contributed by atoms with Crippen LogP contribution in [-0.2, 0) is 9.53 Å². The number of methoxy groups -OCH3 is 1. The highest BCUT2D eigenvalue weighted by molar-refractivity contribution is 5.75. The van der Waals surface area contributed by atoms with Crippen LogP contribution in [-0.4, -0.2) is 49.7 Å². The van der Waals surface area contributed by atoms with Crippen molar-refractivity contribution in [1.82, 2.24) is 10.2 Å². The minimum Gasteiger partial charge on any atom is -0.468 e. The van der Waals surface area contributed by atoms with E-state index in [0.717, 1.165) is 19.6 Å². The van der Waals surface area contributed by atoms with Gasteiger partial charge in [-0.2, -0.15) is 0 Å². The average Bonchev–Trinajstić information content (AvgIpc) is 2.35. The molecule has 1 rings (SSSR count). The first-order valence-corrected chi connectivity index (χ1v) is 6.60. The maximum Gasteiger partial charge on any atom is 0.322 e. The molecule has 17 heavy (non-hydrogen) atoms. The standard InChI is InChI=1S/C13H26N2O2/c1-10(2)15(11(3)13(16)17-4)9-12-5-7-14-8-6-12/h10-12,14H,5-9H2,1-4H3. The fourth-order valence-corrected chi connectivity index (χ4v) is 2.48. The highest BCUT2D eigenvalue weighted by atomic mass is 16.5. The third kappa shape index (κ3) is 4.28. The predicted octanol–water partition coefficient (Wildman–Crippen LogP) is 1.26. The summed E-state index contributed by atoms with van der Waals surface area (Å²) in [4.78, 5) is 13.9. The molecule has 1 unspecified atom stereocenters. The van der Waals surface area contributed by atoms with Crippen LogP contribution in [0.2, 0.25) is 0 Å². The van der Waals surface area contributed by atoms with Crippen LogP contribution in [0.25, 0.3) is 0 Å². The van der Waals surface area contributed by atoms with Gasteiger partial charge in [0.25, 0.3) is 0 Å². The number of hydrogen-bond donors (Lipinski definition) is 1. The maximum absolute atomic E-state index is 11.6. The van der Waals surface area contributed by atoms with Crippen molar-refractivity contribution in [1.29, 1.82) is 0 Å².